The topological polar surface area (TPSA) is 35.5 Å². The van der Waals surface area contributed by atoms with Crippen LogP contribution < -0.4 is 5.32 Å². The number of nitrogens with zero attached hydrogens (tertiary/aromatic N) is 1. The highest BCUT2D eigenvalue weighted by Crippen LogP contribution is 2.08. The van der Waals surface area contributed by atoms with Gasteiger partial charge in [-0.05, 0) is 39.8 Å². The molecule has 3 heteroatoms. The summed E-state index contributed by atoms with van der Waals surface area (Å²) >= 11 is 0. The normalized spacial score (nSPS) is 22.4. The van der Waals surface area contributed by atoms with Crippen molar-refractivity contribution in [2.45, 2.75) is 38.8 Å². The van der Waals surface area contributed by atoms with E-state index < -0.39 is 0 Å². The van der Waals surface area contributed by atoms with Gasteiger partial charge in [0.15, 0.2) is 0 Å². The third-order valence-corrected chi connectivity index (χ3v) is 2.81. The highest BCUT2D eigenvalue weighted by atomic mass is 16.3. The van der Waals surface area contributed by atoms with Crippen molar-refractivity contribution in [2.75, 3.05) is 26.2 Å². The molecule has 0 radical (unpaired) electrons. The monoisotopic (exact) mass is 186 g/mol. The smallest absolute Gasteiger partial charge is 0.0558 e. The van der Waals surface area contributed by atoms with Gasteiger partial charge in [0, 0.05) is 18.6 Å². The zero-order chi connectivity index (χ0) is 9.68. The molecule has 0 aromatic rings. The fourth-order valence-corrected chi connectivity index (χ4v) is 1.67. The quantitative estimate of drug-likeness (QED) is 0.632. The van der Waals surface area contributed by atoms with Gasteiger partial charge in [-0.25, -0.2) is 0 Å². The molecule has 1 rings (SSSR count). The lowest BCUT2D eigenvalue weighted by Crippen LogP contribution is -2.46. The maximum absolute atomic E-state index is 8.86. The fraction of sp³-hybridized carbons (Fsp3) is 1.00. The van der Waals surface area contributed by atoms with Gasteiger partial charge < -0.3 is 10.4 Å². The van der Waals surface area contributed by atoms with Crippen LogP contribution in [0.2, 0.25) is 0 Å². The van der Waals surface area contributed by atoms with Gasteiger partial charge in [-0.15, -0.1) is 0 Å². The standard InChI is InChI=1S/C10H22N2O/c1-9(2)12(7-8-13)6-4-10-3-5-11-10/h9-11,13H,3-8H2,1-2H3. The Bertz CT molecular complexity index is 135. The minimum Gasteiger partial charge on any atom is -0.395 e. The molecule has 2 N–H and O–H groups in total. The number of hydrogen-bond donors (Lipinski definition) is 2. The van der Waals surface area contributed by atoms with Gasteiger partial charge in [0.05, 0.1) is 6.61 Å². The van der Waals surface area contributed by atoms with E-state index in [0.717, 1.165) is 19.1 Å². The second-order valence-electron chi connectivity index (χ2n) is 4.08. The van der Waals surface area contributed by atoms with Crippen LogP contribution in [0, 0.1) is 0 Å². The lowest BCUT2D eigenvalue weighted by molar-refractivity contribution is 0.154. The van der Waals surface area contributed by atoms with E-state index in [1.165, 1.54) is 19.4 Å². The van der Waals surface area contributed by atoms with Crippen LogP contribution in [0.5, 0.6) is 0 Å². The minimum absolute atomic E-state index is 0.274. The minimum atomic E-state index is 0.274. The van der Waals surface area contributed by atoms with Gasteiger partial charge in [0.1, 0.15) is 0 Å². The third-order valence-electron chi connectivity index (χ3n) is 2.81. The molecular weight excluding hydrogens is 164 g/mol. The van der Waals surface area contributed by atoms with E-state index in [0.29, 0.717) is 6.04 Å². The van der Waals surface area contributed by atoms with Crippen LogP contribution in [0.1, 0.15) is 26.7 Å². The summed E-state index contributed by atoms with van der Waals surface area (Å²) in [4.78, 5) is 2.33. The zero-order valence-electron chi connectivity index (χ0n) is 8.79. The van der Waals surface area contributed by atoms with Crippen molar-refractivity contribution in [2.24, 2.45) is 0 Å². The zero-order valence-corrected chi connectivity index (χ0v) is 8.79. The summed E-state index contributed by atoms with van der Waals surface area (Å²) in [6.07, 6.45) is 2.54. The number of hydrogen-bond acceptors (Lipinski definition) is 3. The van der Waals surface area contributed by atoms with Crippen LogP contribution in [0.15, 0.2) is 0 Å². The molecule has 1 aliphatic rings. The van der Waals surface area contributed by atoms with E-state index in [9.17, 15) is 0 Å². The molecule has 1 atom stereocenters. The maximum atomic E-state index is 8.86. The van der Waals surface area contributed by atoms with Crippen LogP contribution in [0.4, 0.5) is 0 Å². The first kappa shape index (κ1) is 11.0. The molecule has 1 unspecified atom stereocenters. The molecule has 3 nitrogen and oxygen atoms in total. The lowest BCUT2D eigenvalue weighted by atomic mass is 10.0. The van der Waals surface area contributed by atoms with E-state index in [4.69, 9.17) is 5.11 Å². The average Bonchev–Trinajstić information content (AvgIpc) is 1.99. The highest BCUT2D eigenvalue weighted by Gasteiger charge is 2.17. The van der Waals surface area contributed by atoms with E-state index >= 15 is 0 Å². The SMILES string of the molecule is CC(C)N(CCO)CCC1CCN1. The lowest BCUT2D eigenvalue weighted by Gasteiger charge is -2.32. The van der Waals surface area contributed by atoms with Crippen LogP contribution >= 0.6 is 0 Å². The summed E-state index contributed by atoms with van der Waals surface area (Å²) in [6.45, 7) is 7.75. The molecule has 1 heterocycles. The number of rotatable bonds is 6. The van der Waals surface area contributed by atoms with Crippen LogP contribution in [0.25, 0.3) is 0 Å². The summed E-state index contributed by atoms with van der Waals surface area (Å²) in [6, 6.07) is 1.28. The van der Waals surface area contributed by atoms with Gasteiger partial charge in [-0.2, -0.15) is 0 Å². The largest absolute Gasteiger partial charge is 0.395 e. The van der Waals surface area contributed by atoms with Gasteiger partial charge >= 0.3 is 0 Å². The van der Waals surface area contributed by atoms with Gasteiger partial charge in [0.2, 0.25) is 0 Å². The van der Waals surface area contributed by atoms with Crippen LogP contribution in [-0.2, 0) is 0 Å². The molecule has 0 amide bonds. The summed E-state index contributed by atoms with van der Waals surface area (Å²) < 4.78 is 0. The van der Waals surface area contributed by atoms with Crippen molar-refractivity contribution >= 4 is 0 Å². The Labute approximate surface area is 81.1 Å². The molecule has 1 aliphatic heterocycles. The van der Waals surface area contributed by atoms with Gasteiger partial charge in [0.25, 0.3) is 0 Å². The summed E-state index contributed by atoms with van der Waals surface area (Å²) in [7, 11) is 0. The molecule has 13 heavy (non-hydrogen) atoms. The van der Waals surface area contributed by atoms with E-state index in [1.807, 2.05) is 0 Å². The molecule has 1 saturated heterocycles. The van der Waals surface area contributed by atoms with Crippen LogP contribution in [0.3, 0.4) is 0 Å². The molecule has 0 aromatic carbocycles. The Morgan fingerprint density at radius 3 is 2.54 bits per heavy atom. The van der Waals surface area contributed by atoms with Crippen molar-refractivity contribution in [3.05, 3.63) is 0 Å². The molecule has 0 bridgehead atoms. The highest BCUT2D eigenvalue weighted by molar-refractivity contribution is 4.78. The number of aliphatic hydroxyl groups is 1. The maximum Gasteiger partial charge on any atom is 0.0558 e. The van der Waals surface area contributed by atoms with Crippen molar-refractivity contribution in [3.8, 4) is 0 Å². The van der Waals surface area contributed by atoms with Gasteiger partial charge in [-0.3, -0.25) is 4.90 Å². The Balaban J connectivity index is 2.12. The predicted molar refractivity (Wildman–Crippen MR) is 54.8 cm³/mol. The van der Waals surface area contributed by atoms with E-state index in [-0.39, 0.29) is 6.61 Å². The van der Waals surface area contributed by atoms with Crippen molar-refractivity contribution < 1.29 is 5.11 Å². The Morgan fingerprint density at radius 1 is 1.46 bits per heavy atom. The molecule has 78 valence electrons. The van der Waals surface area contributed by atoms with E-state index in [2.05, 4.69) is 24.1 Å². The van der Waals surface area contributed by atoms with Crippen molar-refractivity contribution in [1.29, 1.82) is 0 Å². The third kappa shape index (κ3) is 3.63. The molecule has 0 spiro atoms. The van der Waals surface area contributed by atoms with Gasteiger partial charge in [-0.1, -0.05) is 0 Å². The molecule has 0 aromatic heterocycles. The first-order chi connectivity index (χ1) is 6.24. The summed E-state index contributed by atoms with van der Waals surface area (Å²) in [5, 5.41) is 12.3. The second-order valence-corrected chi connectivity index (χ2v) is 4.08. The molecule has 0 aliphatic carbocycles. The Morgan fingerprint density at radius 2 is 2.15 bits per heavy atom. The Kier molecular flexibility index (Phi) is 4.70. The summed E-state index contributed by atoms with van der Waals surface area (Å²) in [5.74, 6) is 0. The first-order valence-electron chi connectivity index (χ1n) is 5.32. The molecule has 0 saturated carbocycles. The fourth-order valence-electron chi connectivity index (χ4n) is 1.67. The second kappa shape index (κ2) is 5.58. The first-order valence-corrected chi connectivity index (χ1v) is 5.32. The van der Waals surface area contributed by atoms with Crippen molar-refractivity contribution in [3.63, 3.8) is 0 Å². The van der Waals surface area contributed by atoms with Crippen molar-refractivity contribution in [1.82, 2.24) is 10.2 Å². The van der Waals surface area contributed by atoms with Crippen LogP contribution in [-0.4, -0.2) is 48.3 Å². The number of nitrogens with one attached hydrogen (secondary N) is 1. The Hall–Kier alpha value is -0.120. The average molecular weight is 186 g/mol. The predicted octanol–water partition coefficient (Wildman–Crippen LogP) is 0.441. The summed E-state index contributed by atoms with van der Waals surface area (Å²) in [5.41, 5.74) is 0. The number of aliphatic hydroxyl groups excluding tert-OH is 1. The molecular formula is C10H22N2O. The molecule has 1 fully saturated rings. The van der Waals surface area contributed by atoms with E-state index in [1.54, 1.807) is 0 Å².